The molecule has 2 aromatic rings. The van der Waals surface area contributed by atoms with Gasteiger partial charge in [0.05, 0.1) is 44.8 Å². The van der Waals surface area contributed by atoms with E-state index in [1.165, 1.54) is 11.0 Å². The SMILES string of the molecule is COc1ccc(CN2CN(c3ccc(N4C[C@H](CO)OC4=O)cc3F)CC2=O)cc1. The highest BCUT2D eigenvalue weighted by atomic mass is 19.1. The minimum atomic E-state index is -0.622. The lowest BCUT2D eigenvalue weighted by Gasteiger charge is -2.21. The monoisotopic (exact) mass is 415 g/mol. The molecule has 2 amide bonds. The maximum Gasteiger partial charge on any atom is 0.414 e. The van der Waals surface area contributed by atoms with Crippen LogP contribution in [0.2, 0.25) is 0 Å². The first-order valence-electron chi connectivity index (χ1n) is 9.52. The van der Waals surface area contributed by atoms with Gasteiger partial charge in [-0.15, -0.1) is 0 Å². The van der Waals surface area contributed by atoms with Crippen LogP contribution in [0.4, 0.5) is 20.6 Å². The Morgan fingerprint density at radius 3 is 2.60 bits per heavy atom. The van der Waals surface area contributed by atoms with Gasteiger partial charge in [-0.1, -0.05) is 12.1 Å². The van der Waals surface area contributed by atoms with E-state index in [-0.39, 0.29) is 38.0 Å². The molecule has 2 saturated heterocycles. The van der Waals surface area contributed by atoms with Crippen molar-refractivity contribution in [1.29, 1.82) is 0 Å². The Bertz CT molecular complexity index is 952. The van der Waals surface area contributed by atoms with E-state index in [0.717, 1.165) is 11.3 Å². The molecule has 9 heteroatoms. The number of aliphatic hydroxyl groups excluding tert-OH is 1. The van der Waals surface area contributed by atoms with Crippen molar-refractivity contribution in [3.8, 4) is 5.75 Å². The molecule has 158 valence electrons. The van der Waals surface area contributed by atoms with Gasteiger partial charge >= 0.3 is 6.09 Å². The summed E-state index contributed by atoms with van der Waals surface area (Å²) in [7, 11) is 1.59. The van der Waals surface area contributed by atoms with Gasteiger partial charge in [-0.3, -0.25) is 9.69 Å². The second-order valence-corrected chi connectivity index (χ2v) is 7.21. The van der Waals surface area contributed by atoms with E-state index in [2.05, 4.69) is 0 Å². The predicted octanol–water partition coefficient (Wildman–Crippen LogP) is 1.96. The normalized spacial score (nSPS) is 18.9. The fourth-order valence-corrected chi connectivity index (χ4v) is 3.60. The Morgan fingerprint density at radius 2 is 1.97 bits per heavy atom. The van der Waals surface area contributed by atoms with Gasteiger partial charge in [-0.05, 0) is 35.9 Å². The van der Waals surface area contributed by atoms with Gasteiger partial charge in [0.1, 0.15) is 17.7 Å². The summed E-state index contributed by atoms with van der Waals surface area (Å²) in [6.07, 6.45) is -1.24. The number of hydrogen-bond donors (Lipinski definition) is 1. The molecule has 0 spiro atoms. The molecule has 2 fully saturated rings. The molecule has 4 rings (SSSR count). The number of carbonyl (C=O) groups excluding carboxylic acids is 2. The second-order valence-electron chi connectivity index (χ2n) is 7.21. The third-order valence-electron chi connectivity index (χ3n) is 5.21. The summed E-state index contributed by atoms with van der Waals surface area (Å²) in [6.45, 7) is 0.625. The van der Waals surface area contributed by atoms with Crippen LogP contribution in [0.3, 0.4) is 0 Å². The highest BCUT2D eigenvalue weighted by Crippen LogP contribution is 2.29. The van der Waals surface area contributed by atoms with Crippen LogP contribution in [0, 0.1) is 5.82 Å². The Kier molecular flexibility index (Phi) is 5.45. The molecule has 2 aliphatic rings. The van der Waals surface area contributed by atoms with Crippen molar-refractivity contribution in [2.75, 3.05) is 43.3 Å². The Balaban J connectivity index is 1.45. The van der Waals surface area contributed by atoms with Gasteiger partial charge in [-0.2, -0.15) is 0 Å². The summed E-state index contributed by atoms with van der Waals surface area (Å²) in [6, 6.07) is 11.8. The average molecular weight is 415 g/mol. The van der Waals surface area contributed by atoms with Crippen LogP contribution < -0.4 is 14.5 Å². The summed E-state index contributed by atoms with van der Waals surface area (Å²) in [5.74, 6) is 0.109. The van der Waals surface area contributed by atoms with E-state index in [1.54, 1.807) is 29.0 Å². The van der Waals surface area contributed by atoms with E-state index < -0.39 is 18.0 Å². The molecule has 1 N–H and O–H groups in total. The summed E-state index contributed by atoms with van der Waals surface area (Å²) in [5.41, 5.74) is 1.58. The van der Waals surface area contributed by atoms with Crippen molar-refractivity contribution >= 4 is 23.4 Å². The number of halogens is 1. The number of rotatable bonds is 6. The largest absolute Gasteiger partial charge is 0.497 e. The first-order chi connectivity index (χ1) is 14.5. The zero-order valence-electron chi connectivity index (χ0n) is 16.5. The molecule has 2 aromatic carbocycles. The average Bonchev–Trinajstić information content (AvgIpc) is 3.30. The number of carbonyl (C=O) groups is 2. The fraction of sp³-hybridized carbons (Fsp3) is 0.333. The first kappa shape index (κ1) is 20.0. The lowest BCUT2D eigenvalue weighted by molar-refractivity contribution is -0.127. The lowest BCUT2D eigenvalue weighted by atomic mass is 10.2. The number of benzene rings is 2. The van der Waals surface area contributed by atoms with Crippen LogP contribution in [0.1, 0.15) is 5.56 Å². The number of ether oxygens (including phenoxy) is 2. The van der Waals surface area contributed by atoms with E-state index in [9.17, 15) is 14.0 Å². The minimum absolute atomic E-state index is 0.0742. The predicted molar refractivity (Wildman–Crippen MR) is 107 cm³/mol. The molecule has 0 aromatic heterocycles. The molecule has 0 saturated carbocycles. The topological polar surface area (TPSA) is 82.6 Å². The molecule has 2 heterocycles. The molecule has 0 bridgehead atoms. The summed E-state index contributed by atoms with van der Waals surface area (Å²) >= 11 is 0. The van der Waals surface area contributed by atoms with E-state index in [1.807, 2.05) is 24.3 Å². The van der Waals surface area contributed by atoms with Crippen LogP contribution in [-0.2, 0) is 16.1 Å². The smallest absolute Gasteiger partial charge is 0.414 e. The third kappa shape index (κ3) is 3.88. The molecule has 8 nitrogen and oxygen atoms in total. The quantitative estimate of drug-likeness (QED) is 0.777. The number of anilines is 2. The maximum atomic E-state index is 14.8. The summed E-state index contributed by atoms with van der Waals surface area (Å²) in [5, 5.41) is 9.14. The number of hydrogen-bond acceptors (Lipinski definition) is 6. The first-order valence-corrected chi connectivity index (χ1v) is 9.52. The second kappa shape index (κ2) is 8.19. The van der Waals surface area contributed by atoms with Crippen LogP contribution in [0.25, 0.3) is 0 Å². The van der Waals surface area contributed by atoms with Gasteiger partial charge in [0.25, 0.3) is 0 Å². The van der Waals surface area contributed by atoms with Crippen molar-refractivity contribution in [1.82, 2.24) is 4.90 Å². The van der Waals surface area contributed by atoms with Crippen molar-refractivity contribution in [3.05, 3.63) is 53.8 Å². The molecular weight excluding hydrogens is 393 g/mol. The van der Waals surface area contributed by atoms with Crippen LogP contribution in [0.5, 0.6) is 5.75 Å². The number of nitrogens with zero attached hydrogens (tertiary/aromatic N) is 3. The van der Waals surface area contributed by atoms with Crippen LogP contribution >= 0.6 is 0 Å². The fourth-order valence-electron chi connectivity index (χ4n) is 3.60. The van der Waals surface area contributed by atoms with Gasteiger partial charge < -0.3 is 24.4 Å². The molecular formula is C21H22FN3O5. The highest BCUT2D eigenvalue weighted by Gasteiger charge is 2.33. The number of amides is 2. The Hall–Kier alpha value is -3.33. The van der Waals surface area contributed by atoms with Crippen molar-refractivity contribution in [2.45, 2.75) is 12.6 Å². The molecule has 2 aliphatic heterocycles. The van der Waals surface area contributed by atoms with Gasteiger partial charge in [0.2, 0.25) is 5.91 Å². The Labute approximate surface area is 173 Å². The van der Waals surface area contributed by atoms with E-state index in [4.69, 9.17) is 14.6 Å². The zero-order chi connectivity index (χ0) is 21.3. The van der Waals surface area contributed by atoms with E-state index >= 15 is 0 Å². The number of methoxy groups -OCH3 is 1. The zero-order valence-corrected chi connectivity index (χ0v) is 16.5. The van der Waals surface area contributed by atoms with Gasteiger partial charge in [-0.25, -0.2) is 9.18 Å². The third-order valence-corrected chi connectivity index (χ3v) is 5.21. The van der Waals surface area contributed by atoms with Crippen LogP contribution in [0.15, 0.2) is 42.5 Å². The molecule has 30 heavy (non-hydrogen) atoms. The molecule has 0 radical (unpaired) electrons. The van der Waals surface area contributed by atoms with E-state index in [0.29, 0.717) is 12.2 Å². The van der Waals surface area contributed by atoms with Crippen molar-refractivity contribution in [3.63, 3.8) is 0 Å². The standard InChI is InChI=1S/C21H22FN3O5/c1-29-16-5-2-14(3-6-16)9-24-13-23(11-20(24)27)19-7-4-15(8-18(19)22)25-10-17(12-26)30-21(25)28/h2-8,17,26H,9-13H2,1H3/t17-/m1/s1. The van der Waals surface area contributed by atoms with Crippen LogP contribution in [-0.4, -0.2) is 61.6 Å². The summed E-state index contributed by atoms with van der Waals surface area (Å²) in [4.78, 5) is 28.9. The lowest BCUT2D eigenvalue weighted by Crippen LogP contribution is -2.27. The molecule has 1 atom stereocenters. The maximum absolute atomic E-state index is 14.8. The van der Waals surface area contributed by atoms with Crippen molar-refractivity contribution in [2.24, 2.45) is 0 Å². The molecule has 0 unspecified atom stereocenters. The number of cyclic esters (lactones) is 1. The summed E-state index contributed by atoms with van der Waals surface area (Å²) < 4.78 is 24.9. The Morgan fingerprint density at radius 1 is 1.20 bits per heavy atom. The molecule has 0 aliphatic carbocycles. The minimum Gasteiger partial charge on any atom is -0.497 e. The number of aliphatic hydroxyl groups is 1. The van der Waals surface area contributed by atoms with Crippen molar-refractivity contribution < 1.29 is 28.6 Å². The van der Waals surface area contributed by atoms with Gasteiger partial charge in [0.15, 0.2) is 0 Å². The van der Waals surface area contributed by atoms with Gasteiger partial charge in [0, 0.05) is 6.54 Å². The highest BCUT2D eigenvalue weighted by molar-refractivity contribution is 5.90.